The van der Waals surface area contributed by atoms with Crippen LogP contribution in [0, 0.1) is 0 Å². The summed E-state index contributed by atoms with van der Waals surface area (Å²) in [5.41, 5.74) is 1.02. The number of hydrogen-bond acceptors (Lipinski definition) is 7. The maximum absolute atomic E-state index is 12.3. The monoisotopic (exact) mass is 386 g/mol. The van der Waals surface area contributed by atoms with Crippen LogP contribution in [0.1, 0.15) is 48.6 Å². The smallest absolute Gasteiger partial charge is 0.279 e. The van der Waals surface area contributed by atoms with Crippen LogP contribution >= 0.6 is 11.3 Å². The Balaban J connectivity index is 1.62. The summed E-state index contributed by atoms with van der Waals surface area (Å²) < 4.78 is 11.0. The number of carbonyl (C=O) groups is 1. The van der Waals surface area contributed by atoms with Gasteiger partial charge in [0.2, 0.25) is 5.13 Å². The van der Waals surface area contributed by atoms with Crippen molar-refractivity contribution in [2.75, 3.05) is 11.9 Å². The van der Waals surface area contributed by atoms with E-state index in [0.717, 1.165) is 42.0 Å². The van der Waals surface area contributed by atoms with Crippen molar-refractivity contribution in [1.82, 2.24) is 15.4 Å². The highest BCUT2D eigenvalue weighted by molar-refractivity contribution is 7.15. The molecule has 2 heterocycles. The second-order valence-electron chi connectivity index (χ2n) is 6.01. The summed E-state index contributed by atoms with van der Waals surface area (Å²) in [5.74, 6) is 0.955. The number of unbranched alkanes of at least 4 members (excludes halogenated alkanes) is 1. The number of ether oxygens (including phenoxy) is 1. The number of carbonyl (C=O) groups excluding carboxylic acids is 1. The molecule has 0 radical (unpaired) electrons. The van der Waals surface area contributed by atoms with Gasteiger partial charge in [-0.1, -0.05) is 36.8 Å². The molecule has 0 saturated carbocycles. The number of amides is 1. The molecule has 0 unspecified atom stereocenters. The normalized spacial score (nSPS) is 10.7. The number of aromatic nitrogens is 3. The number of nitrogens with one attached hydrogen (secondary N) is 1. The van der Waals surface area contributed by atoms with E-state index in [1.165, 1.54) is 11.3 Å². The lowest BCUT2D eigenvalue weighted by atomic mass is 10.1. The highest BCUT2D eigenvalue weighted by Gasteiger charge is 2.16. The molecular weight excluding hydrogens is 364 g/mol. The molecule has 0 bridgehead atoms. The van der Waals surface area contributed by atoms with Crippen LogP contribution in [0.15, 0.2) is 34.9 Å². The van der Waals surface area contributed by atoms with Gasteiger partial charge < -0.3 is 9.26 Å². The lowest BCUT2D eigenvalue weighted by Crippen LogP contribution is -2.11. The first-order valence-electron chi connectivity index (χ1n) is 9.03. The van der Waals surface area contributed by atoms with Crippen LogP contribution in [-0.2, 0) is 6.42 Å². The molecule has 142 valence electrons. The molecule has 2 aromatic heterocycles. The molecule has 27 heavy (non-hydrogen) atoms. The van der Waals surface area contributed by atoms with Gasteiger partial charge in [0.1, 0.15) is 10.8 Å². The van der Waals surface area contributed by atoms with E-state index in [1.54, 1.807) is 6.07 Å². The number of benzene rings is 1. The SMILES string of the molecule is CCCCOc1ccc(-c2cc(C(=O)Nc3nnc(CCC)s3)no2)cc1. The average molecular weight is 386 g/mol. The fraction of sp³-hybridized carbons (Fsp3) is 0.368. The largest absolute Gasteiger partial charge is 0.494 e. The van der Waals surface area contributed by atoms with Crippen LogP contribution in [0.2, 0.25) is 0 Å². The Bertz CT molecular complexity index is 873. The first-order valence-corrected chi connectivity index (χ1v) is 9.85. The lowest BCUT2D eigenvalue weighted by Gasteiger charge is -2.05. The minimum atomic E-state index is -0.372. The van der Waals surface area contributed by atoms with Gasteiger partial charge in [-0.05, 0) is 37.1 Å². The summed E-state index contributed by atoms with van der Waals surface area (Å²) in [6.07, 6.45) is 3.95. The van der Waals surface area contributed by atoms with Crippen LogP contribution in [-0.4, -0.2) is 27.9 Å². The molecule has 1 amide bonds. The summed E-state index contributed by atoms with van der Waals surface area (Å²) in [4.78, 5) is 12.3. The van der Waals surface area contributed by atoms with Crippen molar-refractivity contribution in [3.05, 3.63) is 41.0 Å². The van der Waals surface area contributed by atoms with Gasteiger partial charge in [0, 0.05) is 18.1 Å². The van der Waals surface area contributed by atoms with Crippen molar-refractivity contribution in [1.29, 1.82) is 0 Å². The lowest BCUT2D eigenvalue weighted by molar-refractivity contribution is 0.101. The van der Waals surface area contributed by atoms with E-state index in [4.69, 9.17) is 9.26 Å². The Kier molecular flexibility index (Phi) is 6.54. The number of hydrogen-bond donors (Lipinski definition) is 1. The van der Waals surface area contributed by atoms with E-state index in [1.807, 2.05) is 24.3 Å². The standard InChI is InChI=1S/C19H22N4O3S/c1-3-5-11-25-14-9-7-13(8-10-14)16-12-15(23-26-16)18(24)20-19-22-21-17(27-19)6-4-2/h7-10,12H,3-6,11H2,1-2H3,(H,20,22,24). The van der Waals surface area contributed by atoms with Gasteiger partial charge >= 0.3 is 0 Å². The molecule has 1 aromatic carbocycles. The quantitative estimate of drug-likeness (QED) is 0.542. The van der Waals surface area contributed by atoms with E-state index in [-0.39, 0.29) is 11.6 Å². The Labute approximate surface area is 161 Å². The van der Waals surface area contributed by atoms with Gasteiger partial charge in [-0.25, -0.2) is 0 Å². The van der Waals surface area contributed by atoms with E-state index >= 15 is 0 Å². The highest BCUT2D eigenvalue weighted by atomic mass is 32.1. The number of nitrogens with zero attached hydrogens (tertiary/aromatic N) is 3. The molecule has 0 fully saturated rings. The average Bonchev–Trinajstić information content (AvgIpc) is 3.33. The zero-order chi connectivity index (χ0) is 19.1. The third-order valence-corrected chi connectivity index (χ3v) is 4.70. The number of anilines is 1. The van der Waals surface area contributed by atoms with Crippen molar-refractivity contribution in [2.45, 2.75) is 39.5 Å². The molecule has 0 aliphatic heterocycles. The van der Waals surface area contributed by atoms with Crippen LogP contribution in [0.25, 0.3) is 11.3 Å². The van der Waals surface area contributed by atoms with E-state index < -0.39 is 0 Å². The fourth-order valence-corrected chi connectivity index (χ4v) is 3.18. The minimum absolute atomic E-state index is 0.195. The molecule has 1 N–H and O–H groups in total. The van der Waals surface area contributed by atoms with Gasteiger partial charge in [0.05, 0.1) is 6.61 Å². The molecule has 0 aliphatic carbocycles. The van der Waals surface area contributed by atoms with Crippen LogP contribution in [0.5, 0.6) is 5.75 Å². The van der Waals surface area contributed by atoms with Crippen molar-refractivity contribution in [3.63, 3.8) is 0 Å². The van der Waals surface area contributed by atoms with E-state index in [9.17, 15) is 4.79 Å². The zero-order valence-corrected chi connectivity index (χ0v) is 16.2. The second kappa shape index (κ2) is 9.27. The van der Waals surface area contributed by atoms with Crippen LogP contribution in [0.4, 0.5) is 5.13 Å². The number of rotatable bonds is 9. The third kappa shape index (κ3) is 5.13. The van der Waals surface area contributed by atoms with E-state index in [0.29, 0.717) is 17.5 Å². The topological polar surface area (TPSA) is 90.1 Å². The summed E-state index contributed by atoms with van der Waals surface area (Å²) >= 11 is 1.37. The highest BCUT2D eigenvalue weighted by Crippen LogP contribution is 2.24. The molecular formula is C19H22N4O3S. The maximum atomic E-state index is 12.3. The van der Waals surface area contributed by atoms with Gasteiger partial charge in [0.15, 0.2) is 11.5 Å². The second-order valence-corrected chi connectivity index (χ2v) is 7.07. The Morgan fingerprint density at radius 1 is 1.19 bits per heavy atom. The van der Waals surface area contributed by atoms with Crippen molar-refractivity contribution in [3.8, 4) is 17.1 Å². The summed E-state index contributed by atoms with van der Waals surface area (Å²) in [7, 11) is 0. The molecule has 3 aromatic rings. The van der Waals surface area contributed by atoms with Crippen molar-refractivity contribution in [2.24, 2.45) is 0 Å². The third-order valence-electron chi connectivity index (χ3n) is 3.80. The molecule has 0 atom stereocenters. The van der Waals surface area contributed by atoms with Gasteiger partial charge in [0.25, 0.3) is 5.91 Å². The first kappa shape index (κ1) is 19.0. The zero-order valence-electron chi connectivity index (χ0n) is 15.4. The van der Waals surface area contributed by atoms with Crippen molar-refractivity contribution < 1.29 is 14.1 Å². The van der Waals surface area contributed by atoms with E-state index in [2.05, 4.69) is 34.5 Å². The molecule has 0 saturated heterocycles. The Hall–Kier alpha value is -2.74. The molecule has 0 spiro atoms. The minimum Gasteiger partial charge on any atom is -0.494 e. The predicted molar refractivity (Wildman–Crippen MR) is 104 cm³/mol. The van der Waals surface area contributed by atoms with Gasteiger partial charge in [-0.2, -0.15) is 0 Å². The van der Waals surface area contributed by atoms with Gasteiger partial charge in [-0.15, -0.1) is 10.2 Å². The number of aryl methyl sites for hydroxylation is 1. The Morgan fingerprint density at radius 2 is 2.00 bits per heavy atom. The fourth-order valence-electron chi connectivity index (χ4n) is 2.35. The van der Waals surface area contributed by atoms with Crippen molar-refractivity contribution >= 4 is 22.4 Å². The van der Waals surface area contributed by atoms with Crippen LogP contribution in [0.3, 0.4) is 0 Å². The predicted octanol–water partition coefficient (Wildman–Crippen LogP) is 4.58. The Morgan fingerprint density at radius 3 is 2.74 bits per heavy atom. The summed E-state index contributed by atoms with van der Waals surface area (Å²) in [6, 6.07) is 9.13. The molecule has 8 heteroatoms. The summed E-state index contributed by atoms with van der Waals surface area (Å²) in [6.45, 7) is 4.90. The van der Waals surface area contributed by atoms with Gasteiger partial charge in [-0.3, -0.25) is 10.1 Å². The maximum Gasteiger partial charge on any atom is 0.279 e. The summed E-state index contributed by atoms with van der Waals surface area (Å²) in [5, 5.41) is 15.9. The molecule has 7 nitrogen and oxygen atoms in total. The molecule has 3 rings (SSSR count). The molecule has 0 aliphatic rings. The van der Waals surface area contributed by atoms with Crippen LogP contribution < -0.4 is 10.1 Å². The first-order chi connectivity index (χ1) is 13.2.